The third-order valence-corrected chi connectivity index (χ3v) is 2.04. The number of carbonyl (C=O) groups is 1. The maximum atomic E-state index is 12.3. The van der Waals surface area contributed by atoms with Crippen molar-refractivity contribution >= 4 is 29.0 Å². The second-order valence-electron chi connectivity index (χ2n) is 2.88. The van der Waals surface area contributed by atoms with Crippen molar-refractivity contribution < 1.29 is 18.3 Å². The van der Waals surface area contributed by atoms with E-state index in [1.165, 1.54) is 6.07 Å². The van der Waals surface area contributed by atoms with Gasteiger partial charge < -0.3 is 10.5 Å². The molecule has 92 valence electrons. The molecule has 0 bridgehead atoms. The van der Waals surface area contributed by atoms with E-state index in [0.29, 0.717) is 6.08 Å². The number of nitrogens with zero attached hydrogens (tertiary/aromatic N) is 2. The molecule has 0 atom stereocenters. The van der Waals surface area contributed by atoms with Crippen LogP contribution in [0.3, 0.4) is 0 Å². The van der Waals surface area contributed by atoms with Crippen molar-refractivity contribution in [3.63, 3.8) is 0 Å². The lowest BCUT2D eigenvalue weighted by atomic mass is 10.1. The number of hydrogen-bond acceptors (Lipinski definition) is 5. The maximum absolute atomic E-state index is 12.3. The molecule has 0 aliphatic carbocycles. The molecule has 0 amide bonds. The third kappa shape index (κ3) is 3.35. The molecule has 5 nitrogen and oxygen atoms in total. The summed E-state index contributed by atoms with van der Waals surface area (Å²) in [5.74, 6) is -1.01. The van der Waals surface area contributed by atoms with Crippen LogP contribution in [0.2, 0.25) is 5.15 Å². The van der Waals surface area contributed by atoms with Crippen LogP contribution in [0.5, 0.6) is 0 Å². The summed E-state index contributed by atoms with van der Waals surface area (Å²) in [7, 11) is 1.06. The lowest BCUT2D eigenvalue weighted by Crippen LogP contribution is -2.08. The van der Waals surface area contributed by atoms with E-state index in [2.05, 4.69) is 14.9 Å². The first-order valence-corrected chi connectivity index (χ1v) is 4.71. The van der Waals surface area contributed by atoms with Crippen molar-refractivity contribution in [3.8, 4) is 0 Å². The van der Waals surface area contributed by atoms with Gasteiger partial charge in [0.25, 0.3) is 6.43 Å². The quantitative estimate of drug-likeness (QED) is 0.661. The van der Waals surface area contributed by atoms with Crippen LogP contribution in [0.1, 0.15) is 5.56 Å². The van der Waals surface area contributed by atoms with Gasteiger partial charge in [-0.05, 0) is 12.1 Å². The first-order valence-electron chi connectivity index (χ1n) is 4.33. The molecule has 2 N–H and O–H groups in total. The van der Waals surface area contributed by atoms with Gasteiger partial charge in [-0.3, -0.25) is 0 Å². The lowest BCUT2D eigenvalue weighted by molar-refractivity contribution is -0.133. The molecular weight excluding hydrogens is 256 g/mol. The second-order valence-corrected chi connectivity index (χ2v) is 3.24. The van der Waals surface area contributed by atoms with Crippen molar-refractivity contribution in [1.82, 2.24) is 10.2 Å². The second kappa shape index (κ2) is 5.53. The lowest BCUT2D eigenvalue weighted by Gasteiger charge is -2.07. The molecule has 1 rings (SSSR count). The zero-order valence-corrected chi connectivity index (χ0v) is 9.41. The summed E-state index contributed by atoms with van der Waals surface area (Å²) in [5.41, 5.74) is 4.88. The van der Waals surface area contributed by atoms with Crippen LogP contribution in [-0.4, -0.2) is 29.7 Å². The average molecular weight is 264 g/mol. The van der Waals surface area contributed by atoms with Gasteiger partial charge in [0.2, 0.25) is 0 Å². The molecule has 0 saturated heterocycles. The number of hydrogen-bond donors (Lipinski definition) is 1. The number of ether oxygens (including phenoxy) is 1. The number of methoxy groups -OCH3 is 1. The summed E-state index contributed by atoms with van der Waals surface area (Å²) < 4.78 is 29.0. The Bertz CT molecular complexity index is 466. The predicted molar refractivity (Wildman–Crippen MR) is 57.5 cm³/mol. The van der Waals surface area contributed by atoms with Gasteiger partial charge in [-0.25, -0.2) is 13.6 Å². The van der Waals surface area contributed by atoms with Gasteiger partial charge in [-0.1, -0.05) is 11.6 Å². The topological polar surface area (TPSA) is 78.1 Å². The first kappa shape index (κ1) is 13.3. The summed E-state index contributed by atoms with van der Waals surface area (Å²) in [6, 6.07) is 1.17. The summed E-state index contributed by atoms with van der Waals surface area (Å²) in [4.78, 5) is 11.3. The molecule has 8 heteroatoms. The predicted octanol–water partition coefficient (Wildman–Crippen LogP) is 1.53. The number of aromatic nitrogens is 2. The zero-order valence-electron chi connectivity index (χ0n) is 8.65. The molecule has 1 aromatic heterocycles. The van der Waals surface area contributed by atoms with Gasteiger partial charge in [0, 0.05) is 5.56 Å². The van der Waals surface area contributed by atoms with Crippen LogP contribution in [0, 0.1) is 0 Å². The Morgan fingerprint density at radius 3 is 2.76 bits per heavy atom. The van der Waals surface area contributed by atoms with Crippen molar-refractivity contribution in [2.24, 2.45) is 0 Å². The molecule has 1 aromatic rings. The minimum Gasteiger partial charge on any atom is -0.465 e. The maximum Gasteiger partial charge on any atom is 0.338 e. The van der Waals surface area contributed by atoms with Gasteiger partial charge >= 0.3 is 5.97 Å². The Hall–Kier alpha value is -1.76. The first-order chi connectivity index (χ1) is 7.95. The highest BCUT2D eigenvalue weighted by atomic mass is 35.5. The smallest absolute Gasteiger partial charge is 0.338 e. The van der Waals surface area contributed by atoms with E-state index in [0.717, 1.165) is 7.11 Å². The third-order valence-electron chi connectivity index (χ3n) is 1.76. The fourth-order valence-corrected chi connectivity index (χ4v) is 1.28. The monoisotopic (exact) mass is 263 g/mol. The summed E-state index contributed by atoms with van der Waals surface area (Å²) in [6.07, 6.45) is -2.43. The fourth-order valence-electron chi connectivity index (χ4n) is 1.08. The van der Waals surface area contributed by atoms with E-state index in [1.54, 1.807) is 0 Å². The molecule has 0 unspecified atom stereocenters. The molecular formula is C9H8ClF2N3O2. The molecule has 1 heterocycles. The van der Waals surface area contributed by atoms with E-state index in [4.69, 9.17) is 17.3 Å². The van der Waals surface area contributed by atoms with Crippen LogP contribution < -0.4 is 5.73 Å². The largest absolute Gasteiger partial charge is 0.465 e. The highest BCUT2D eigenvalue weighted by molar-refractivity contribution is 6.33. The summed E-state index contributed by atoms with van der Waals surface area (Å²) in [5, 5.41) is 6.62. The molecule has 0 saturated carbocycles. The van der Waals surface area contributed by atoms with Gasteiger partial charge in [0.15, 0.2) is 5.15 Å². The normalized spacial score (nSPS) is 11.7. The number of alkyl halides is 2. The van der Waals surface area contributed by atoms with Crippen LogP contribution in [-0.2, 0) is 9.53 Å². The van der Waals surface area contributed by atoms with Crippen LogP contribution in [0.15, 0.2) is 12.1 Å². The number of allylic oxidation sites excluding steroid dienone is 1. The van der Waals surface area contributed by atoms with Gasteiger partial charge in [0.1, 0.15) is 5.82 Å². The highest BCUT2D eigenvalue weighted by Crippen LogP contribution is 2.25. The Labute approximate surface area is 100 Å². The van der Waals surface area contributed by atoms with E-state index >= 15 is 0 Å². The van der Waals surface area contributed by atoms with Crippen molar-refractivity contribution in [2.45, 2.75) is 6.43 Å². The van der Waals surface area contributed by atoms with E-state index < -0.39 is 18.0 Å². The summed E-state index contributed by atoms with van der Waals surface area (Å²) in [6.45, 7) is 0. The molecule has 0 fully saturated rings. The Morgan fingerprint density at radius 1 is 1.59 bits per heavy atom. The Balaban J connectivity index is 3.32. The van der Waals surface area contributed by atoms with E-state index in [-0.39, 0.29) is 16.5 Å². The number of halogens is 3. The Kier molecular flexibility index (Phi) is 4.33. The van der Waals surface area contributed by atoms with E-state index in [1.807, 2.05) is 0 Å². The van der Waals surface area contributed by atoms with Gasteiger partial charge in [0.05, 0.1) is 12.7 Å². The fraction of sp³-hybridized carbons (Fsp3) is 0.222. The molecule has 0 aromatic carbocycles. The molecule has 17 heavy (non-hydrogen) atoms. The van der Waals surface area contributed by atoms with Gasteiger partial charge in [-0.15, -0.1) is 10.2 Å². The molecule has 0 radical (unpaired) electrons. The molecule has 0 aliphatic heterocycles. The highest BCUT2D eigenvalue weighted by Gasteiger charge is 2.19. The number of nitrogens with two attached hydrogens (primary N) is 1. The number of rotatable bonds is 3. The van der Waals surface area contributed by atoms with Crippen LogP contribution in [0.25, 0.3) is 5.57 Å². The van der Waals surface area contributed by atoms with Crippen LogP contribution in [0.4, 0.5) is 14.6 Å². The number of esters is 1. The number of nitrogen functional groups attached to an aromatic ring is 1. The minimum absolute atomic E-state index is 0.0477. The standard InChI is InChI=1S/C9H8ClF2N3O2/c1-17-9(16)5(2-6(11)12)4-3-7(13)14-15-8(4)10/h2-3,6H,1H3,(H2,13,14). The van der Waals surface area contributed by atoms with E-state index in [9.17, 15) is 13.6 Å². The van der Waals surface area contributed by atoms with Crippen molar-refractivity contribution in [2.75, 3.05) is 12.8 Å². The molecule has 0 spiro atoms. The van der Waals surface area contributed by atoms with Crippen LogP contribution >= 0.6 is 11.6 Å². The number of anilines is 1. The zero-order chi connectivity index (χ0) is 13.0. The average Bonchev–Trinajstić information content (AvgIpc) is 2.28. The summed E-state index contributed by atoms with van der Waals surface area (Å²) >= 11 is 5.65. The molecule has 0 aliphatic rings. The van der Waals surface area contributed by atoms with Gasteiger partial charge in [-0.2, -0.15) is 0 Å². The Morgan fingerprint density at radius 2 is 2.24 bits per heavy atom. The SMILES string of the molecule is COC(=O)C(=CC(F)F)c1cc(N)nnc1Cl. The minimum atomic E-state index is -2.84. The number of carbonyl (C=O) groups excluding carboxylic acids is 1. The van der Waals surface area contributed by atoms with Crippen molar-refractivity contribution in [1.29, 1.82) is 0 Å². The van der Waals surface area contributed by atoms with Crippen molar-refractivity contribution in [3.05, 3.63) is 22.9 Å².